The van der Waals surface area contributed by atoms with Crippen LogP contribution in [0.15, 0.2) is 30.3 Å². The molecule has 0 unspecified atom stereocenters. The van der Waals surface area contributed by atoms with Crippen LogP contribution in [0.25, 0.3) is 10.8 Å². The molecule has 0 aliphatic heterocycles. The number of rotatable bonds is 1. The molecule has 1 N–H and O–H groups in total. The van der Waals surface area contributed by atoms with Gasteiger partial charge in [-0.25, -0.2) is 4.79 Å². The molecule has 0 bridgehead atoms. The molecule has 0 atom stereocenters. The lowest BCUT2D eigenvalue weighted by Gasteiger charge is -2.05. The Morgan fingerprint density at radius 1 is 1.12 bits per heavy atom. The van der Waals surface area contributed by atoms with Crippen LogP contribution in [-0.4, -0.2) is 11.1 Å². The normalized spacial score (nSPS) is 9.53. The molecule has 2 heteroatoms. The largest absolute Gasteiger partial charge is 0.478 e. The number of terminal acetylenes is 2. The Morgan fingerprint density at radius 2 is 1.82 bits per heavy atom. The summed E-state index contributed by atoms with van der Waals surface area (Å²) in [6.45, 7) is 0. The summed E-state index contributed by atoms with van der Waals surface area (Å²) in [5.74, 6) is 4.03. The highest BCUT2D eigenvalue weighted by molar-refractivity contribution is 5.99. The summed E-state index contributed by atoms with van der Waals surface area (Å²) in [5, 5.41) is 10.5. The SMILES string of the molecule is C#Cc1cccc2cc(C(=O)O)cc(C#C)c12. The van der Waals surface area contributed by atoms with Crippen molar-refractivity contribution in [1.29, 1.82) is 0 Å². The number of carboxylic acids is 1. The molecule has 2 aromatic carbocycles. The highest BCUT2D eigenvalue weighted by Gasteiger charge is 2.09. The van der Waals surface area contributed by atoms with Crippen molar-refractivity contribution in [3.8, 4) is 24.7 Å². The zero-order valence-corrected chi connectivity index (χ0v) is 8.90. The van der Waals surface area contributed by atoms with Crippen LogP contribution >= 0.6 is 0 Å². The molecule has 0 saturated carbocycles. The van der Waals surface area contributed by atoms with Crippen molar-refractivity contribution >= 4 is 16.7 Å². The van der Waals surface area contributed by atoms with E-state index in [4.69, 9.17) is 18.0 Å². The van der Waals surface area contributed by atoms with Crippen molar-refractivity contribution in [2.24, 2.45) is 0 Å². The molecule has 2 nitrogen and oxygen atoms in total. The Balaban J connectivity index is 2.94. The Kier molecular flexibility index (Phi) is 2.57. The van der Waals surface area contributed by atoms with E-state index in [-0.39, 0.29) is 5.56 Å². The zero-order chi connectivity index (χ0) is 12.4. The Bertz CT molecular complexity index is 697. The van der Waals surface area contributed by atoms with Gasteiger partial charge in [0.25, 0.3) is 0 Å². The maximum Gasteiger partial charge on any atom is 0.335 e. The maximum absolute atomic E-state index is 11.0. The van der Waals surface area contributed by atoms with E-state index < -0.39 is 5.97 Å². The van der Waals surface area contributed by atoms with Crippen molar-refractivity contribution in [2.75, 3.05) is 0 Å². The van der Waals surface area contributed by atoms with Gasteiger partial charge in [0.05, 0.1) is 5.56 Å². The topological polar surface area (TPSA) is 37.3 Å². The lowest BCUT2D eigenvalue weighted by atomic mass is 9.97. The maximum atomic E-state index is 11.0. The van der Waals surface area contributed by atoms with Gasteiger partial charge >= 0.3 is 5.97 Å². The summed E-state index contributed by atoms with van der Waals surface area (Å²) < 4.78 is 0. The van der Waals surface area contributed by atoms with Crippen molar-refractivity contribution in [2.45, 2.75) is 0 Å². The Labute approximate surface area is 98.9 Å². The molecule has 0 fully saturated rings. The van der Waals surface area contributed by atoms with Crippen LogP contribution in [0.5, 0.6) is 0 Å². The third-order valence-electron chi connectivity index (χ3n) is 2.53. The Hall–Kier alpha value is -2.71. The molecule has 0 saturated heterocycles. The number of fused-ring (bicyclic) bond motifs is 1. The second kappa shape index (κ2) is 4.04. The van der Waals surface area contributed by atoms with Crippen LogP contribution in [0.1, 0.15) is 21.5 Å². The first-order chi connectivity index (χ1) is 8.17. The highest BCUT2D eigenvalue weighted by atomic mass is 16.4. The number of hydrogen-bond donors (Lipinski definition) is 1. The first kappa shape index (κ1) is 10.8. The number of hydrogen-bond acceptors (Lipinski definition) is 1. The summed E-state index contributed by atoms with van der Waals surface area (Å²) in [4.78, 5) is 11.0. The molecule has 0 aliphatic rings. The monoisotopic (exact) mass is 220 g/mol. The molecule has 0 heterocycles. The molecule has 0 aromatic heterocycles. The molecule has 17 heavy (non-hydrogen) atoms. The van der Waals surface area contributed by atoms with Gasteiger partial charge in [-0.15, -0.1) is 12.8 Å². The number of carbonyl (C=O) groups is 1. The van der Waals surface area contributed by atoms with Gasteiger partial charge in [-0.05, 0) is 23.6 Å². The van der Waals surface area contributed by atoms with Crippen LogP contribution in [0.3, 0.4) is 0 Å². The fourth-order valence-electron chi connectivity index (χ4n) is 1.79. The van der Waals surface area contributed by atoms with Crippen LogP contribution in [-0.2, 0) is 0 Å². The molecule has 0 radical (unpaired) electrons. The summed E-state index contributed by atoms with van der Waals surface area (Å²) in [6, 6.07) is 8.39. The molecule has 0 amide bonds. The first-order valence-electron chi connectivity index (χ1n) is 4.90. The van der Waals surface area contributed by atoms with E-state index in [1.807, 2.05) is 0 Å². The minimum atomic E-state index is -1.01. The minimum absolute atomic E-state index is 0.166. The predicted octanol–water partition coefficient (Wildman–Crippen LogP) is 2.50. The van der Waals surface area contributed by atoms with Crippen LogP contribution in [0.4, 0.5) is 0 Å². The van der Waals surface area contributed by atoms with E-state index in [0.29, 0.717) is 11.1 Å². The summed E-state index contributed by atoms with van der Waals surface area (Å²) >= 11 is 0. The number of benzene rings is 2. The van der Waals surface area contributed by atoms with Crippen molar-refractivity contribution in [1.82, 2.24) is 0 Å². The van der Waals surface area contributed by atoms with E-state index in [1.54, 1.807) is 24.3 Å². The molecule has 80 valence electrons. The predicted molar refractivity (Wildman–Crippen MR) is 66.8 cm³/mol. The number of carboxylic acid groups (broad SMARTS) is 1. The minimum Gasteiger partial charge on any atom is -0.478 e. The third-order valence-corrected chi connectivity index (χ3v) is 2.53. The van der Waals surface area contributed by atoms with Gasteiger partial charge in [0.2, 0.25) is 0 Å². The van der Waals surface area contributed by atoms with Crippen molar-refractivity contribution < 1.29 is 9.90 Å². The van der Waals surface area contributed by atoms with E-state index in [1.165, 1.54) is 6.07 Å². The molecule has 2 rings (SSSR count). The van der Waals surface area contributed by atoms with E-state index in [9.17, 15) is 4.79 Å². The van der Waals surface area contributed by atoms with E-state index in [2.05, 4.69) is 11.8 Å². The van der Waals surface area contributed by atoms with Crippen LogP contribution in [0, 0.1) is 24.7 Å². The Morgan fingerprint density at radius 3 is 2.41 bits per heavy atom. The smallest absolute Gasteiger partial charge is 0.335 e. The first-order valence-corrected chi connectivity index (χ1v) is 4.90. The van der Waals surface area contributed by atoms with Gasteiger partial charge in [-0.2, -0.15) is 0 Å². The summed E-state index contributed by atoms with van der Waals surface area (Å²) in [5.41, 5.74) is 1.35. The summed E-state index contributed by atoms with van der Waals surface area (Å²) in [7, 11) is 0. The van der Waals surface area contributed by atoms with Gasteiger partial charge in [0, 0.05) is 16.5 Å². The molecule has 2 aromatic rings. The van der Waals surface area contributed by atoms with Crippen molar-refractivity contribution in [3.05, 3.63) is 47.0 Å². The second-order valence-electron chi connectivity index (χ2n) is 3.52. The fourth-order valence-corrected chi connectivity index (χ4v) is 1.79. The fraction of sp³-hybridized carbons (Fsp3) is 0. The lowest BCUT2D eigenvalue weighted by molar-refractivity contribution is 0.0697. The zero-order valence-electron chi connectivity index (χ0n) is 8.90. The number of aromatic carboxylic acids is 1. The highest BCUT2D eigenvalue weighted by Crippen LogP contribution is 2.24. The quantitative estimate of drug-likeness (QED) is 0.750. The lowest BCUT2D eigenvalue weighted by Crippen LogP contribution is -1.98. The van der Waals surface area contributed by atoms with Crippen LogP contribution < -0.4 is 0 Å². The van der Waals surface area contributed by atoms with E-state index in [0.717, 1.165) is 10.8 Å². The van der Waals surface area contributed by atoms with Crippen molar-refractivity contribution in [3.63, 3.8) is 0 Å². The van der Waals surface area contributed by atoms with E-state index >= 15 is 0 Å². The summed E-state index contributed by atoms with van der Waals surface area (Å²) in [6.07, 6.45) is 10.8. The van der Waals surface area contributed by atoms with Crippen LogP contribution in [0.2, 0.25) is 0 Å². The average Bonchev–Trinajstić information content (AvgIpc) is 2.36. The average molecular weight is 220 g/mol. The van der Waals surface area contributed by atoms with Gasteiger partial charge in [0.1, 0.15) is 0 Å². The second-order valence-corrected chi connectivity index (χ2v) is 3.52. The molecule has 0 aliphatic carbocycles. The van der Waals surface area contributed by atoms with Gasteiger partial charge in [-0.1, -0.05) is 24.0 Å². The van der Waals surface area contributed by atoms with Gasteiger partial charge < -0.3 is 5.11 Å². The molecule has 0 spiro atoms. The van der Waals surface area contributed by atoms with Gasteiger partial charge in [-0.3, -0.25) is 0 Å². The molecular formula is C15H8O2. The molecular weight excluding hydrogens is 212 g/mol. The van der Waals surface area contributed by atoms with Gasteiger partial charge in [0.15, 0.2) is 0 Å². The standard InChI is InChI=1S/C15H8O2/c1-3-10-6-5-7-12-9-13(15(16)17)8-11(4-2)14(10)12/h1-2,5-9H,(H,16,17). The third kappa shape index (κ3) is 1.73.